The van der Waals surface area contributed by atoms with E-state index in [-0.39, 0.29) is 16.5 Å². The van der Waals surface area contributed by atoms with Crippen LogP contribution in [0.5, 0.6) is 0 Å². The fraction of sp³-hybridized carbons (Fsp3) is 0.385. The molecule has 0 saturated carbocycles. The molecule has 114 valence electrons. The minimum Gasteiger partial charge on any atom is -0.382 e. The maximum Gasteiger partial charge on any atom is 0.185 e. The summed E-state index contributed by atoms with van der Waals surface area (Å²) in [5.74, 6) is 0.126. The van der Waals surface area contributed by atoms with Gasteiger partial charge in [0.2, 0.25) is 0 Å². The molecule has 0 aliphatic rings. The molecule has 8 heteroatoms. The van der Waals surface area contributed by atoms with Crippen LogP contribution in [-0.2, 0) is 16.4 Å². The highest BCUT2D eigenvalue weighted by Crippen LogP contribution is 2.32. The summed E-state index contributed by atoms with van der Waals surface area (Å²) in [6, 6.07) is 5.70. The summed E-state index contributed by atoms with van der Waals surface area (Å²) in [6.45, 7) is 4.15. The van der Waals surface area contributed by atoms with Gasteiger partial charge in [0.1, 0.15) is 9.90 Å². The van der Waals surface area contributed by atoms with Crippen LogP contribution in [0, 0.1) is 6.92 Å². The molecule has 0 amide bonds. The van der Waals surface area contributed by atoms with Crippen molar-refractivity contribution in [2.75, 3.05) is 16.8 Å². The molecule has 21 heavy (non-hydrogen) atoms. The minimum atomic E-state index is -3.40. The number of nitrogens with zero attached hydrogens (tertiary/aromatic N) is 2. The van der Waals surface area contributed by atoms with Gasteiger partial charge in [-0.05, 0) is 37.0 Å². The largest absolute Gasteiger partial charge is 0.382 e. The Morgan fingerprint density at radius 1 is 1.38 bits per heavy atom. The number of hydrogen-bond donors (Lipinski definition) is 2. The Morgan fingerprint density at radius 3 is 2.81 bits per heavy atom. The van der Waals surface area contributed by atoms with Crippen LogP contribution in [0.15, 0.2) is 23.1 Å². The summed E-state index contributed by atoms with van der Waals surface area (Å²) in [6.07, 6.45) is 0.538. The molecule has 0 aliphatic heterocycles. The summed E-state index contributed by atoms with van der Waals surface area (Å²) in [5.41, 5.74) is 7.46. The molecule has 0 bridgehead atoms. The highest BCUT2D eigenvalue weighted by atomic mass is 32.2. The quantitative estimate of drug-likeness (QED) is 0.844. The number of nitrogens with two attached hydrogens (primary N) is 1. The Morgan fingerprint density at radius 2 is 2.14 bits per heavy atom. The molecule has 2 aromatic heterocycles. The number of nitrogen functional groups attached to an aromatic ring is 1. The monoisotopic (exact) mass is 326 g/mol. The van der Waals surface area contributed by atoms with Crippen LogP contribution in [-0.4, -0.2) is 23.5 Å². The molecule has 0 unspecified atom stereocenters. The van der Waals surface area contributed by atoms with Gasteiger partial charge in [0, 0.05) is 5.69 Å². The van der Waals surface area contributed by atoms with Gasteiger partial charge in [0.25, 0.3) is 0 Å². The van der Waals surface area contributed by atoms with Crippen molar-refractivity contribution in [1.29, 1.82) is 0 Å². The summed E-state index contributed by atoms with van der Waals surface area (Å²) in [7, 11) is -3.40. The van der Waals surface area contributed by atoms with Crippen molar-refractivity contribution in [1.82, 2.24) is 9.36 Å². The second-order valence-corrected chi connectivity index (χ2v) is 7.49. The van der Waals surface area contributed by atoms with Gasteiger partial charge in [-0.1, -0.05) is 13.0 Å². The number of sulfone groups is 1. The third-order valence-corrected chi connectivity index (χ3v) is 5.76. The molecular weight excluding hydrogens is 308 g/mol. The lowest BCUT2D eigenvalue weighted by Gasteiger charge is -2.07. The highest BCUT2D eigenvalue weighted by Gasteiger charge is 2.24. The van der Waals surface area contributed by atoms with Gasteiger partial charge in [-0.2, -0.15) is 4.37 Å². The summed E-state index contributed by atoms with van der Waals surface area (Å²) in [5, 5.41) is 3.55. The average molecular weight is 326 g/mol. The van der Waals surface area contributed by atoms with Gasteiger partial charge in [0.05, 0.1) is 18.0 Å². The topological polar surface area (TPSA) is 98.0 Å². The second-order valence-electron chi connectivity index (χ2n) is 4.67. The third-order valence-electron chi connectivity index (χ3n) is 2.83. The Balaban J connectivity index is 2.22. The molecule has 2 aromatic rings. The van der Waals surface area contributed by atoms with Crippen molar-refractivity contribution in [3.63, 3.8) is 0 Å². The van der Waals surface area contributed by atoms with E-state index < -0.39 is 9.84 Å². The van der Waals surface area contributed by atoms with E-state index in [1.807, 2.05) is 32.0 Å². The first-order chi connectivity index (χ1) is 9.94. The molecular formula is C13H18N4O2S2. The molecule has 0 fully saturated rings. The minimum absolute atomic E-state index is 0.0625. The van der Waals surface area contributed by atoms with Gasteiger partial charge >= 0.3 is 0 Å². The van der Waals surface area contributed by atoms with Crippen molar-refractivity contribution < 1.29 is 8.42 Å². The van der Waals surface area contributed by atoms with Crippen molar-refractivity contribution >= 4 is 32.2 Å². The Labute approximate surface area is 128 Å². The molecule has 2 heterocycles. The molecule has 2 rings (SSSR count). The number of rotatable bonds is 6. The Bertz CT molecular complexity index is 726. The van der Waals surface area contributed by atoms with Crippen LogP contribution in [0.2, 0.25) is 0 Å². The zero-order chi connectivity index (χ0) is 15.5. The van der Waals surface area contributed by atoms with E-state index in [1.54, 1.807) is 0 Å². The van der Waals surface area contributed by atoms with Gasteiger partial charge < -0.3 is 11.1 Å². The van der Waals surface area contributed by atoms with Crippen molar-refractivity contribution in [2.24, 2.45) is 0 Å². The van der Waals surface area contributed by atoms with Crippen LogP contribution in [0.3, 0.4) is 0 Å². The first-order valence-electron chi connectivity index (χ1n) is 6.58. The lowest BCUT2D eigenvalue weighted by atomic mass is 10.3. The summed E-state index contributed by atoms with van der Waals surface area (Å²) < 4.78 is 28.4. The lowest BCUT2D eigenvalue weighted by Crippen LogP contribution is -2.11. The van der Waals surface area contributed by atoms with Crippen LogP contribution in [0.4, 0.5) is 10.8 Å². The van der Waals surface area contributed by atoms with E-state index in [0.29, 0.717) is 18.0 Å². The third kappa shape index (κ3) is 3.70. The zero-order valence-corrected chi connectivity index (χ0v) is 13.6. The lowest BCUT2D eigenvalue weighted by molar-refractivity contribution is 0.595. The summed E-state index contributed by atoms with van der Waals surface area (Å²) in [4.78, 5) is 4.48. The fourth-order valence-electron chi connectivity index (χ4n) is 1.95. The van der Waals surface area contributed by atoms with Crippen LogP contribution >= 0.6 is 11.5 Å². The summed E-state index contributed by atoms with van der Waals surface area (Å²) >= 11 is 1.06. The number of aryl methyl sites for hydroxylation is 1. The standard InChI is InChI=1S/C13H18N4O2S2/c1-3-7-21(18,19)11-12(14)17-20-13(11)15-8-10-6-4-5-9(2)16-10/h4-6,15H,3,7-8H2,1-2H3,(H2,14,17). The van der Waals surface area contributed by atoms with Gasteiger partial charge in [-0.25, -0.2) is 8.42 Å². The molecule has 0 aliphatic carbocycles. The van der Waals surface area contributed by atoms with Crippen LogP contribution in [0.25, 0.3) is 0 Å². The maximum absolute atomic E-state index is 12.2. The van der Waals surface area contributed by atoms with E-state index in [2.05, 4.69) is 14.7 Å². The average Bonchev–Trinajstić information content (AvgIpc) is 2.78. The van der Waals surface area contributed by atoms with Crippen LogP contribution < -0.4 is 11.1 Å². The second kappa shape index (κ2) is 6.40. The Hall–Kier alpha value is -1.67. The molecule has 0 aromatic carbocycles. The van der Waals surface area contributed by atoms with E-state index in [1.165, 1.54) is 0 Å². The SMILES string of the molecule is CCCS(=O)(=O)c1c(N)nsc1NCc1cccc(C)n1. The number of aromatic nitrogens is 2. The van der Waals surface area contributed by atoms with Gasteiger partial charge in [0.15, 0.2) is 15.7 Å². The van der Waals surface area contributed by atoms with Crippen molar-refractivity contribution in [2.45, 2.75) is 31.7 Å². The van der Waals surface area contributed by atoms with E-state index in [0.717, 1.165) is 22.9 Å². The van der Waals surface area contributed by atoms with Gasteiger partial charge in [-0.3, -0.25) is 4.98 Å². The normalized spacial score (nSPS) is 11.5. The fourth-order valence-corrected chi connectivity index (χ4v) is 4.56. The number of pyridine rings is 1. The maximum atomic E-state index is 12.2. The van der Waals surface area contributed by atoms with E-state index >= 15 is 0 Å². The van der Waals surface area contributed by atoms with E-state index in [4.69, 9.17) is 5.73 Å². The van der Waals surface area contributed by atoms with Gasteiger partial charge in [-0.15, -0.1) is 0 Å². The number of hydrogen-bond acceptors (Lipinski definition) is 7. The first kappa shape index (κ1) is 15.7. The number of anilines is 2. The number of nitrogens with one attached hydrogen (secondary N) is 1. The Kier molecular flexibility index (Phi) is 4.79. The predicted octanol–water partition coefficient (Wildman–Crippen LogP) is 2.22. The predicted molar refractivity (Wildman–Crippen MR) is 85.2 cm³/mol. The van der Waals surface area contributed by atoms with Crippen molar-refractivity contribution in [3.05, 3.63) is 29.6 Å². The zero-order valence-electron chi connectivity index (χ0n) is 12.0. The molecule has 0 radical (unpaired) electrons. The highest BCUT2D eigenvalue weighted by molar-refractivity contribution is 7.91. The molecule has 3 N–H and O–H groups in total. The van der Waals surface area contributed by atoms with Crippen molar-refractivity contribution in [3.8, 4) is 0 Å². The molecule has 0 spiro atoms. The molecule has 6 nitrogen and oxygen atoms in total. The first-order valence-corrected chi connectivity index (χ1v) is 9.01. The molecule has 0 saturated heterocycles. The van der Waals surface area contributed by atoms with Crippen LogP contribution in [0.1, 0.15) is 24.7 Å². The molecule has 0 atom stereocenters. The van der Waals surface area contributed by atoms with E-state index in [9.17, 15) is 8.42 Å². The smallest absolute Gasteiger partial charge is 0.185 e.